The van der Waals surface area contributed by atoms with Gasteiger partial charge in [0.05, 0.1) is 4.90 Å². The maximum Gasteiger partial charge on any atom is 0.243 e. The lowest BCUT2D eigenvalue weighted by molar-refractivity contribution is 0.293. The van der Waals surface area contributed by atoms with Crippen molar-refractivity contribution >= 4 is 10.0 Å². The van der Waals surface area contributed by atoms with Crippen LogP contribution in [0.3, 0.4) is 0 Å². The van der Waals surface area contributed by atoms with Gasteiger partial charge in [0.2, 0.25) is 10.0 Å². The molecule has 1 aromatic carbocycles. The van der Waals surface area contributed by atoms with Gasteiger partial charge in [0.25, 0.3) is 0 Å². The van der Waals surface area contributed by atoms with E-state index in [4.69, 9.17) is 0 Å². The van der Waals surface area contributed by atoms with Crippen LogP contribution in [0.4, 0.5) is 0 Å². The van der Waals surface area contributed by atoms with Crippen LogP contribution in [0.15, 0.2) is 35.2 Å². The third-order valence-electron chi connectivity index (χ3n) is 3.17. The number of nitrogens with zero attached hydrogens (tertiary/aromatic N) is 1. The molecular weight excluding hydrogens is 236 g/mol. The summed E-state index contributed by atoms with van der Waals surface area (Å²) in [6.45, 7) is 1.18. The largest absolute Gasteiger partial charge is 0.316 e. The normalized spacial score (nSPS) is 22.5. The van der Waals surface area contributed by atoms with Gasteiger partial charge in [-0.15, -0.1) is 0 Å². The molecule has 5 heteroatoms. The molecule has 17 heavy (non-hydrogen) atoms. The van der Waals surface area contributed by atoms with Gasteiger partial charge in [-0.05, 0) is 32.0 Å². The molecule has 0 radical (unpaired) electrons. The lowest BCUT2D eigenvalue weighted by atomic mass is 10.1. The minimum atomic E-state index is -3.31. The predicted molar refractivity (Wildman–Crippen MR) is 67.3 cm³/mol. The fourth-order valence-electron chi connectivity index (χ4n) is 2.14. The highest BCUT2D eigenvalue weighted by atomic mass is 32.2. The highest BCUT2D eigenvalue weighted by molar-refractivity contribution is 7.89. The van der Waals surface area contributed by atoms with Crippen molar-refractivity contribution in [2.45, 2.75) is 23.8 Å². The minimum Gasteiger partial charge on any atom is -0.316 e. The van der Waals surface area contributed by atoms with Gasteiger partial charge in [-0.2, -0.15) is 4.31 Å². The van der Waals surface area contributed by atoms with Crippen LogP contribution in [0.2, 0.25) is 0 Å². The highest BCUT2D eigenvalue weighted by Gasteiger charge is 2.29. The molecule has 1 unspecified atom stereocenters. The van der Waals surface area contributed by atoms with Crippen molar-refractivity contribution in [1.29, 1.82) is 0 Å². The molecular formula is C12H18N2O2S. The Bertz CT molecular complexity index is 459. The molecule has 1 saturated heterocycles. The van der Waals surface area contributed by atoms with Crippen molar-refractivity contribution in [2.24, 2.45) is 0 Å². The third-order valence-corrected chi connectivity index (χ3v) is 5.05. The Labute approximate surface area is 103 Å². The first-order chi connectivity index (χ1) is 8.14. The topological polar surface area (TPSA) is 49.4 Å². The zero-order valence-electron chi connectivity index (χ0n) is 9.96. The molecule has 1 heterocycles. The van der Waals surface area contributed by atoms with Crippen molar-refractivity contribution in [3.63, 3.8) is 0 Å². The van der Waals surface area contributed by atoms with E-state index in [2.05, 4.69) is 5.32 Å². The van der Waals surface area contributed by atoms with E-state index in [1.807, 2.05) is 13.1 Å². The molecule has 1 atom stereocenters. The van der Waals surface area contributed by atoms with Gasteiger partial charge in [-0.1, -0.05) is 18.2 Å². The lowest BCUT2D eigenvalue weighted by Crippen LogP contribution is -2.46. The summed E-state index contributed by atoms with van der Waals surface area (Å²) in [5, 5.41) is 3.15. The van der Waals surface area contributed by atoms with Crippen LogP contribution in [-0.4, -0.2) is 38.9 Å². The first-order valence-electron chi connectivity index (χ1n) is 5.87. The van der Waals surface area contributed by atoms with E-state index in [0.29, 0.717) is 18.0 Å². The second-order valence-electron chi connectivity index (χ2n) is 4.30. The second kappa shape index (κ2) is 5.16. The third kappa shape index (κ3) is 2.68. The molecule has 1 aliphatic heterocycles. The summed E-state index contributed by atoms with van der Waals surface area (Å²) in [7, 11) is -1.43. The number of likely N-dealkylation sites (N-methyl/N-ethyl adjacent to an activating group) is 1. The standard InChI is InChI=1S/C12H18N2O2S/c1-13-11-6-5-9-14(10-11)17(15,16)12-7-3-2-4-8-12/h2-4,7-8,11,13H,5-6,9-10H2,1H3. The quantitative estimate of drug-likeness (QED) is 0.877. The highest BCUT2D eigenvalue weighted by Crippen LogP contribution is 2.20. The lowest BCUT2D eigenvalue weighted by Gasteiger charge is -2.31. The van der Waals surface area contributed by atoms with Crippen LogP contribution in [0, 0.1) is 0 Å². The second-order valence-corrected chi connectivity index (χ2v) is 6.24. The summed E-state index contributed by atoms with van der Waals surface area (Å²) in [4.78, 5) is 0.386. The van der Waals surface area contributed by atoms with Crippen molar-refractivity contribution in [2.75, 3.05) is 20.1 Å². The number of piperidine rings is 1. The van der Waals surface area contributed by atoms with E-state index in [1.165, 1.54) is 0 Å². The monoisotopic (exact) mass is 254 g/mol. The van der Waals surface area contributed by atoms with Crippen molar-refractivity contribution in [3.05, 3.63) is 30.3 Å². The first-order valence-corrected chi connectivity index (χ1v) is 7.31. The van der Waals surface area contributed by atoms with E-state index in [0.717, 1.165) is 12.8 Å². The summed E-state index contributed by atoms with van der Waals surface area (Å²) in [6.07, 6.45) is 1.95. The van der Waals surface area contributed by atoms with Crippen molar-refractivity contribution in [3.8, 4) is 0 Å². The molecule has 1 aliphatic rings. The number of rotatable bonds is 3. The van der Waals surface area contributed by atoms with Crippen molar-refractivity contribution in [1.82, 2.24) is 9.62 Å². The van der Waals surface area contributed by atoms with Crippen LogP contribution in [0.25, 0.3) is 0 Å². The fourth-order valence-corrected chi connectivity index (χ4v) is 3.68. The number of benzene rings is 1. The Kier molecular flexibility index (Phi) is 3.81. The molecule has 2 rings (SSSR count). The van der Waals surface area contributed by atoms with Crippen LogP contribution in [0.1, 0.15) is 12.8 Å². The van der Waals surface area contributed by atoms with Gasteiger partial charge in [0.1, 0.15) is 0 Å². The van der Waals surface area contributed by atoms with Gasteiger partial charge < -0.3 is 5.32 Å². The smallest absolute Gasteiger partial charge is 0.243 e. The Hall–Kier alpha value is -0.910. The Morgan fingerprint density at radius 2 is 2.00 bits per heavy atom. The average molecular weight is 254 g/mol. The van der Waals surface area contributed by atoms with E-state index in [9.17, 15) is 8.42 Å². The summed E-state index contributed by atoms with van der Waals surface area (Å²) in [5.74, 6) is 0. The molecule has 4 nitrogen and oxygen atoms in total. The minimum absolute atomic E-state index is 0.266. The zero-order chi connectivity index (χ0) is 12.3. The van der Waals surface area contributed by atoms with E-state index >= 15 is 0 Å². The molecule has 94 valence electrons. The maximum absolute atomic E-state index is 12.3. The number of sulfonamides is 1. The van der Waals surface area contributed by atoms with Gasteiger partial charge >= 0.3 is 0 Å². The Morgan fingerprint density at radius 1 is 1.29 bits per heavy atom. The zero-order valence-corrected chi connectivity index (χ0v) is 10.8. The van der Waals surface area contributed by atoms with Crippen molar-refractivity contribution < 1.29 is 8.42 Å². The summed E-state index contributed by atoms with van der Waals surface area (Å²) >= 11 is 0. The van der Waals surface area contributed by atoms with Gasteiger partial charge in [0.15, 0.2) is 0 Å². The predicted octanol–water partition coefficient (Wildman–Crippen LogP) is 1.06. The van der Waals surface area contributed by atoms with Crippen LogP contribution >= 0.6 is 0 Å². The number of hydrogen-bond donors (Lipinski definition) is 1. The summed E-state index contributed by atoms with van der Waals surface area (Å²) in [6, 6.07) is 8.91. The van der Waals surface area contributed by atoms with E-state index in [-0.39, 0.29) is 6.04 Å². The van der Waals surface area contributed by atoms with Crippen LogP contribution in [0.5, 0.6) is 0 Å². The van der Waals surface area contributed by atoms with Gasteiger partial charge in [-0.25, -0.2) is 8.42 Å². The summed E-state index contributed by atoms with van der Waals surface area (Å²) < 4.78 is 26.3. The van der Waals surface area contributed by atoms with Gasteiger partial charge in [-0.3, -0.25) is 0 Å². The molecule has 0 amide bonds. The Morgan fingerprint density at radius 3 is 2.65 bits per heavy atom. The van der Waals surface area contributed by atoms with Crippen LogP contribution in [-0.2, 0) is 10.0 Å². The van der Waals surface area contributed by atoms with Gasteiger partial charge in [0, 0.05) is 19.1 Å². The summed E-state index contributed by atoms with van der Waals surface area (Å²) in [5.41, 5.74) is 0. The molecule has 0 spiro atoms. The maximum atomic E-state index is 12.3. The molecule has 1 N–H and O–H groups in total. The molecule has 0 bridgehead atoms. The SMILES string of the molecule is CNC1CCCN(S(=O)(=O)c2ccccc2)C1. The number of nitrogens with one attached hydrogen (secondary N) is 1. The van der Waals surface area contributed by atoms with E-state index < -0.39 is 10.0 Å². The average Bonchev–Trinajstić information content (AvgIpc) is 2.40. The van der Waals surface area contributed by atoms with E-state index in [1.54, 1.807) is 28.6 Å². The first kappa shape index (κ1) is 12.5. The number of hydrogen-bond acceptors (Lipinski definition) is 3. The Balaban J connectivity index is 2.21. The molecule has 0 saturated carbocycles. The molecule has 1 aromatic rings. The molecule has 0 aromatic heterocycles. The molecule has 0 aliphatic carbocycles. The molecule has 1 fully saturated rings. The van der Waals surface area contributed by atoms with Crippen LogP contribution < -0.4 is 5.32 Å². The fraction of sp³-hybridized carbons (Fsp3) is 0.500.